The zero-order valence-electron chi connectivity index (χ0n) is 20.9. The van der Waals surface area contributed by atoms with Gasteiger partial charge < -0.3 is 4.74 Å². The Balaban J connectivity index is 1.53. The van der Waals surface area contributed by atoms with E-state index in [-0.39, 0.29) is 11.7 Å². The van der Waals surface area contributed by atoms with E-state index in [1.807, 2.05) is 78.9 Å². The maximum Gasteiger partial charge on any atom is 0.269 e. The van der Waals surface area contributed by atoms with Gasteiger partial charge in [0.25, 0.3) is 5.69 Å². The van der Waals surface area contributed by atoms with Crippen molar-refractivity contribution in [2.24, 2.45) is 5.10 Å². The molecule has 0 N–H and O–H groups in total. The first-order chi connectivity index (χ1) is 19.0. The fourth-order valence-electron chi connectivity index (χ4n) is 4.77. The van der Waals surface area contributed by atoms with E-state index in [4.69, 9.17) is 31.4 Å². The van der Waals surface area contributed by atoms with Gasteiger partial charge in [0.05, 0.1) is 35.0 Å². The summed E-state index contributed by atoms with van der Waals surface area (Å²) in [5.41, 5.74) is 4.85. The molecule has 1 atom stereocenters. The molecule has 0 amide bonds. The predicted octanol–water partition coefficient (Wildman–Crippen LogP) is 7.22. The number of fused-ring (bicyclic) bond motifs is 1. The summed E-state index contributed by atoms with van der Waals surface area (Å²) in [5.74, 6) is 1.11. The molecule has 0 aliphatic carbocycles. The molecule has 1 aliphatic heterocycles. The lowest BCUT2D eigenvalue weighted by Crippen LogP contribution is -2.21. The minimum absolute atomic E-state index is 0.0172. The summed E-state index contributed by atoms with van der Waals surface area (Å²) in [6.45, 7) is 0. The largest absolute Gasteiger partial charge is 0.497 e. The minimum atomic E-state index is -0.391. The van der Waals surface area contributed by atoms with Gasteiger partial charge in [-0.25, -0.2) is 15.0 Å². The lowest BCUT2D eigenvalue weighted by Gasteiger charge is -2.23. The Morgan fingerprint density at radius 2 is 1.72 bits per heavy atom. The van der Waals surface area contributed by atoms with Gasteiger partial charge in [-0.05, 0) is 35.9 Å². The van der Waals surface area contributed by atoms with Gasteiger partial charge in [0, 0.05) is 40.1 Å². The highest BCUT2D eigenvalue weighted by Gasteiger charge is 2.33. The van der Waals surface area contributed by atoms with Gasteiger partial charge in [-0.2, -0.15) is 5.10 Å². The van der Waals surface area contributed by atoms with E-state index in [9.17, 15) is 10.1 Å². The monoisotopic (exact) mass is 535 g/mol. The van der Waals surface area contributed by atoms with Gasteiger partial charge in [0.2, 0.25) is 5.95 Å². The number of hydrogen-bond donors (Lipinski definition) is 0. The zero-order valence-corrected chi connectivity index (χ0v) is 21.6. The van der Waals surface area contributed by atoms with Crippen molar-refractivity contribution in [3.05, 3.63) is 123 Å². The van der Waals surface area contributed by atoms with E-state index >= 15 is 0 Å². The molecule has 1 unspecified atom stereocenters. The average molecular weight is 536 g/mol. The van der Waals surface area contributed by atoms with E-state index in [1.54, 1.807) is 24.3 Å². The zero-order chi connectivity index (χ0) is 26.9. The number of methoxy groups -OCH3 is 1. The van der Waals surface area contributed by atoms with E-state index in [0.717, 1.165) is 39.0 Å². The van der Waals surface area contributed by atoms with Gasteiger partial charge in [-0.15, -0.1) is 0 Å². The topological polar surface area (TPSA) is 93.8 Å². The second-order valence-corrected chi connectivity index (χ2v) is 9.53. The SMILES string of the molecule is COc1cccc(C2=NN(c3nc(-c4ccc(Cl)cc4)c4ccccc4n3)C(c3cccc([N+](=O)[O-])c3)C2)c1. The molecule has 5 aromatic rings. The van der Waals surface area contributed by atoms with Gasteiger partial charge >= 0.3 is 0 Å². The molecule has 6 rings (SSSR count). The van der Waals surface area contributed by atoms with Gasteiger partial charge in [0.15, 0.2) is 0 Å². The third kappa shape index (κ3) is 4.78. The lowest BCUT2D eigenvalue weighted by atomic mass is 9.98. The second-order valence-electron chi connectivity index (χ2n) is 9.09. The summed E-state index contributed by atoms with van der Waals surface area (Å²) in [5, 5.41) is 19.8. The number of halogens is 1. The van der Waals surface area contributed by atoms with Crippen LogP contribution < -0.4 is 9.75 Å². The summed E-state index contributed by atoms with van der Waals surface area (Å²) in [7, 11) is 1.62. The first-order valence-corrected chi connectivity index (χ1v) is 12.7. The summed E-state index contributed by atoms with van der Waals surface area (Å²) in [6, 6.07) is 29.3. The fraction of sp³-hybridized carbons (Fsp3) is 0.100. The summed E-state index contributed by atoms with van der Waals surface area (Å²) in [6.07, 6.45) is 0.501. The number of para-hydroxylation sites is 1. The molecule has 0 bridgehead atoms. The molecule has 0 saturated heterocycles. The Bertz CT molecular complexity index is 1740. The Kier molecular flexibility index (Phi) is 6.38. The molecule has 0 radical (unpaired) electrons. The van der Waals surface area contributed by atoms with Crippen LogP contribution in [0.5, 0.6) is 5.75 Å². The van der Waals surface area contributed by atoms with Crippen molar-refractivity contribution >= 4 is 39.9 Å². The summed E-state index contributed by atoms with van der Waals surface area (Å²) < 4.78 is 5.42. The van der Waals surface area contributed by atoms with Crippen molar-refractivity contribution in [3.8, 4) is 17.0 Å². The molecule has 9 heteroatoms. The van der Waals surface area contributed by atoms with Gasteiger partial charge in [-0.1, -0.05) is 66.2 Å². The molecule has 1 aliphatic rings. The van der Waals surface area contributed by atoms with Crippen LogP contribution >= 0.6 is 11.6 Å². The summed E-state index contributed by atoms with van der Waals surface area (Å²) in [4.78, 5) is 21.0. The molecule has 0 fully saturated rings. The molecule has 0 spiro atoms. The Morgan fingerprint density at radius 3 is 2.51 bits per heavy atom. The van der Waals surface area contributed by atoms with Crippen molar-refractivity contribution in [2.75, 3.05) is 12.1 Å². The van der Waals surface area contributed by atoms with Crippen molar-refractivity contribution in [2.45, 2.75) is 12.5 Å². The number of benzene rings is 4. The highest BCUT2D eigenvalue weighted by atomic mass is 35.5. The number of non-ortho nitro benzene ring substituents is 1. The highest BCUT2D eigenvalue weighted by molar-refractivity contribution is 6.30. The number of aromatic nitrogens is 2. The van der Waals surface area contributed by atoms with Crippen LogP contribution in [0.3, 0.4) is 0 Å². The first kappa shape index (κ1) is 24.5. The van der Waals surface area contributed by atoms with E-state index < -0.39 is 4.92 Å². The van der Waals surface area contributed by atoms with Gasteiger partial charge in [-0.3, -0.25) is 10.1 Å². The van der Waals surface area contributed by atoms with Gasteiger partial charge in [0.1, 0.15) is 5.75 Å². The average Bonchev–Trinajstić information content (AvgIpc) is 3.43. The predicted molar refractivity (Wildman–Crippen MR) is 152 cm³/mol. The molecular weight excluding hydrogens is 514 g/mol. The summed E-state index contributed by atoms with van der Waals surface area (Å²) >= 11 is 6.15. The van der Waals surface area contributed by atoms with Crippen LogP contribution in [0.4, 0.5) is 11.6 Å². The Labute approximate surface area is 229 Å². The lowest BCUT2D eigenvalue weighted by molar-refractivity contribution is -0.384. The third-order valence-corrected chi connectivity index (χ3v) is 6.95. The van der Waals surface area contributed by atoms with Crippen molar-refractivity contribution in [1.82, 2.24) is 9.97 Å². The van der Waals surface area contributed by atoms with Crippen molar-refractivity contribution in [3.63, 3.8) is 0 Å². The molecular formula is C30H22ClN5O3. The maximum absolute atomic E-state index is 11.6. The van der Waals surface area contributed by atoms with Crippen LogP contribution in [0, 0.1) is 10.1 Å². The van der Waals surface area contributed by atoms with Crippen LogP contribution in [0.2, 0.25) is 5.02 Å². The second kappa shape index (κ2) is 10.2. The molecule has 1 aromatic heterocycles. The number of hydrazone groups is 1. The van der Waals surface area contributed by atoms with Crippen LogP contribution in [0.1, 0.15) is 23.6 Å². The number of anilines is 1. The normalized spacial score (nSPS) is 14.9. The Morgan fingerprint density at radius 1 is 0.923 bits per heavy atom. The van der Waals surface area contributed by atoms with Crippen LogP contribution in [-0.2, 0) is 0 Å². The number of rotatable bonds is 6. The number of nitro groups is 1. The molecule has 4 aromatic carbocycles. The van der Waals surface area contributed by atoms with Crippen LogP contribution in [0.25, 0.3) is 22.2 Å². The van der Waals surface area contributed by atoms with Crippen molar-refractivity contribution < 1.29 is 9.66 Å². The van der Waals surface area contributed by atoms with E-state index in [1.165, 1.54) is 6.07 Å². The molecule has 2 heterocycles. The van der Waals surface area contributed by atoms with Crippen molar-refractivity contribution in [1.29, 1.82) is 0 Å². The number of hydrogen-bond acceptors (Lipinski definition) is 7. The first-order valence-electron chi connectivity index (χ1n) is 12.3. The number of nitro benzene ring substituents is 1. The highest BCUT2D eigenvalue weighted by Crippen LogP contribution is 2.38. The van der Waals surface area contributed by atoms with Crippen LogP contribution in [-0.4, -0.2) is 27.7 Å². The number of ether oxygens (including phenoxy) is 1. The Hall–Kier alpha value is -4.82. The molecule has 8 nitrogen and oxygen atoms in total. The molecule has 192 valence electrons. The molecule has 39 heavy (non-hydrogen) atoms. The smallest absolute Gasteiger partial charge is 0.269 e. The maximum atomic E-state index is 11.6. The standard InChI is InChI=1S/C30H22ClN5O3/c1-39-24-9-5-6-20(17-24)27-18-28(21-7-4-8-23(16-21)36(37)38)35(34-27)30-32-26-11-3-2-10-25(26)29(33-30)19-12-14-22(31)15-13-19/h2-17,28H,18H2,1H3. The van der Waals surface area contributed by atoms with Crippen LogP contribution in [0.15, 0.2) is 102 Å². The third-order valence-electron chi connectivity index (χ3n) is 6.69. The number of nitrogens with zero attached hydrogens (tertiary/aromatic N) is 5. The van der Waals surface area contributed by atoms with E-state index in [2.05, 4.69) is 0 Å². The molecule has 0 saturated carbocycles. The quantitative estimate of drug-likeness (QED) is 0.168. The fourth-order valence-corrected chi connectivity index (χ4v) is 4.90. The minimum Gasteiger partial charge on any atom is -0.497 e. The van der Waals surface area contributed by atoms with E-state index in [0.29, 0.717) is 23.1 Å².